The maximum atomic E-state index is 12.0. The molecule has 0 aliphatic rings. The molecule has 0 radical (unpaired) electrons. The number of carbonyl (C=O) groups is 2. The molecular formula is C18H13N3O5S. The molecule has 136 valence electrons. The first kappa shape index (κ1) is 18.2. The normalized spacial score (nSPS) is 10.2. The van der Waals surface area contributed by atoms with Crippen LogP contribution in [0, 0.1) is 10.1 Å². The van der Waals surface area contributed by atoms with E-state index in [0.29, 0.717) is 10.7 Å². The molecule has 0 aliphatic carbocycles. The number of benzene rings is 2. The number of nitro benzene ring substituents is 1. The Kier molecular flexibility index (Phi) is 5.53. The number of hydrogen-bond acceptors (Lipinski definition) is 7. The lowest BCUT2D eigenvalue weighted by Gasteiger charge is -2.05. The van der Waals surface area contributed by atoms with Crippen molar-refractivity contribution in [2.45, 2.75) is 0 Å². The number of esters is 1. The third-order valence-electron chi connectivity index (χ3n) is 3.43. The van der Waals surface area contributed by atoms with Crippen LogP contribution in [0.1, 0.15) is 10.5 Å². The number of anilines is 1. The number of rotatable bonds is 6. The summed E-state index contributed by atoms with van der Waals surface area (Å²) in [5.74, 6) is -1.26. The summed E-state index contributed by atoms with van der Waals surface area (Å²) in [6.45, 7) is -0.492. The Morgan fingerprint density at radius 3 is 2.48 bits per heavy atom. The highest BCUT2D eigenvalue weighted by Gasteiger charge is 2.15. The fourth-order valence-corrected chi connectivity index (χ4v) is 2.94. The van der Waals surface area contributed by atoms with E-state index in [-0.39, 0.29) is 11.4 Å². The number of non-ortho nitro benzene ring substituents is 1. The zero-order chi connectivity index (χ0) is 19.2. The number of nitro groups is 1. The molecule has 0 atom stereocenters. The summed E-state index contributed by atoms with van der Waals surface area (Å²) in [4.78, 5) is 38.2. The van der Waals surface area contributed by atoms with E-state index in [2.05, 4.69) is 10.3 Å². The number of amides is 1. The van der Waals surface area contributed by atoms with Crippen molar-refractivity contribution in [1.82, 2.24) is 4.98 Å². The first-order chi connectivity index (χ1) is 13.0. The quantitative estimate of drug-likeness (QED) is 0.396. The van der Waals surface area contributed by atoms with E-state index in [0.717, 1.165) is 5.56 Å². The first-order valence-electron chi connectivity index (χ1n) is 7.75. The van der Waals surface area contributed by atoms with Crippen LogP contribution < -0.4 is 5.32 Å². The van der Waals surface area contributed by atoms with Gasteiger partial charge in [0.1, 0.15) is 5.01 Å². The Labute approximate surface area is 157 Å². The second-order valence-electron chi connectivity index (χ2n) is 5.33. The van der Waals surface area contributed by atoms with Crippen molar-refractivity contribution in [2.24, 2.45) is 0 Å². The number of ether oxygens (including phenoxy) is 1. The highest BCUT2D eigenvalue weighted by molar-refractivity contribution is 7.13. The van der Waals surface area contributed by atoms with Crippen molar-refractivity contribution in [3.05, 3.63) is 75.8 Å². The second kappa shape index (κ2) is 8.19. The molecular weight excluding hydrogens is 370 g/mol. The molecule has 8 nitrogen and oxygen atoms in total. The van der Waals surface area contributed by atoms with Crippen LogP contribution in [0.5, 0.6) is 0 Å². The predicted octanol–water partition coefficient (Wildman–Crippen LogP) is 3.51. The molecule has 0 unspecified atom stereocenters. The van der Waals surface area contributed by atoms with Gasteiger partial charge in [0.15, 0.2) is 12.3 Å². The Hall–Kier alpha value is -3.59. The van der Waals surface area contributed by atoms with Crippen molar-refractivity contribution >= 4 is 34.6 Å². The Morgan fingerprint density at radius 2 is 1.81 bits per heavy atom. The van der Waals surface area contributed by atoms with Crippen LogP contribution in [0.25, 0.3) is 10.6 Å². The minimum atomic E-state index is -0.702. The molecule has 0 fully saturated rings. The zero-order valence-corrected chi connectivity index (χ0v) is 14.6. The molecule has 0 saturated carbocycles. The molecule has 1 heterocycles. The van der Waals surface area contributed by atoms with Crippen molar-refractivity contribution in [3.8, 4) is 10.6 Å². The third kappa shape index (κ3) is 4.73. The zero-order valence-electron chi connectivity index (χ0n) is 13.8. The maximum absolute atomic E-state index is 12.0. The van der Waals surface area contributed by atoms with Crippen LogP contribution >= 0.6 is 11.3 Å². The number of carbonyl (C=O) groups excluding carboxylic acids is 2. The summed E-state index contributed by atoms with van der Waals surface area (Å²) in [5.41, 5.74) is 1.29. The van der Waals surface area contributed by atoms with Gasteiger partial charge in [0.25, 0.3) is 11.6 Å². The number of nitrogens with one attached hydrogen (secondary N) is 1. The van der Waals surface area contributed by atoms with Gasteiger partial charge in [-0.15, -0.1) is 11.3 Å². The number of aromatic nitrogens is 1. The fourth-order valence-electron chi connectivity index (χ4n) is 2.15. The Morgan fingerprint density at radius 1 is 1.11 bits per heavy atom. The van der Waals surface area contributed by atoms with Gasteiger partial charge < -0.3 is 10.1 Å². The van der Waals surface area contributed by atoms with Crippen molar-refractivity contribution < 1.29 is 19.2 Å². The van der Waals surface area contributed by atoms with Gasteiger partial charge in [-0.1, -0.05) is 30.3 Å². The van der Waals surface area contributed by atoms with E-state index in [9.17, 15) is 19.7 Å². The number of thiazole rings is 1. The first-order valence-corrected chi connectivity index (χ1v) is 8.63. The molecule has 3 aromatic rings. The van der Waals surface area contributed by atoms with Gasteiger partial charge in [0.05, 0.1) is 4.92 Å². The molecule has 27 heavy (non-hydrogen) atoms. The van der Waals surface area contributed by atoms with Crippen molar-refractivity contribution in [1.29, 1.82) is 0 Å². The third-order valence-corrected chi connectivity index (χ3v) is 4.32. The topological polar surface area (TPSA) is 111 Å². The van der Waals surface area contributed by atoms with Crippen LogP contribution in [0.4, 0.5) is 11.4 Å². The molecule has 1 aromatic heterocycles. The molecule has 0 spiro atoms. The van der Waals surface area contributed by atoms with Gasteiger partial charge in [-0.3, -0.25) is 14.9 Å². The molecule has 3 rings (SSSR count). The lowest BCUT2D eigenvalue weighted by atomic mass is 10.2. The van der Waals surface area contributed by atoms with Gasteiger partial charge in [-0.2, -0.15) is 0 Å². The van der Waals surface area contributed by atoms with E-state index >= 15 is 0 Å². The van der Waals surface area contributed by atoms with E-state index in [1.807, 2.05) is 30.3 Å². The monoisotopic (exact) mass is 383 g/mol. The molecule has 9 heteroatoms. The average Bonchev–Trinajstić information content (AvgIpc) is 3.17. The number of nitrogens with zero attached hydrogens (tertiary/aromatic N) is 2. The minimum Gasteiger partial charge on any atom is -0.451 e. The van der Waals surface area contributed by atoms with E-state index in [1.165, 1.54) is 35.6 Å². The Bertz CT molecular complexity index is 970. The van der Waals surface area contributed by atoms with Gasteiger partial charge in [-0.05, 0) is 12.1 Å². The van der Waals surface area contributed by atoms with Gasteiger partial charge >= 0.3 is 5.97 Å². The molecule has 0 saturated heterocycles. The van der Waals surface area contributed by atoms with Crippen LogP contribution in [0.3, 0.4) is 0 Å². The van der Waals surface area contributed by atoms with Crippen molar-refractivity contribution in [2.75, 3.05) is 11.9 Å². The van der Waals surface area contributed by atoms with Gasteiger partial charge in [-0.25, -0.2) is 9.78 Å². The summed E-state index contributed by atoms with van der Waals surface area (Å²) < 4.78 is 4.96. The fraction of sp³-hybridized carbons (Fsp3) is 0.0556. The molecule has 2 aromatic carbocycles. The van der Waals surface area contributed by atoms with Gasteiger partial charge in [0.2, 0.25) is 0 Å². The summed E-state index contributed by atoms with van der Waals surface area (Å²) in [7, 11) is 0. The SMILES string of the molecule is O=C(COC(=O)c1csc(-c2ccccc2)n1)Nc1ccc([N+](=O)[O-])cc1. The van der Waals surface area contributed by atoms with E-state index in [4.69, 9.17) is 4.74 Å². The van der Waals surface area contributed by atoms with Crippen LogP contribution in [0.2, 0.25) is 0 Å². The standard InChI is InChI=1S/C18H13N3O5S/c22-16(19-13-6-8-14(9-7-13)21(24)25)10-26-18(23)15-11-27-17(20-15)12-4-2-1-3-5-12/h1-9,11H,10H2,(H,19,22). The summed E-state index contributed by atoms with van der Waals surface area (Å²) in [5, 5.41) is 15.3. The lowest BCUT2D eigenvalue weighted by molar-refractivity contribution is -0.384. The summed E-state index contributed by atoms with van der Waals surface area (Å²) in [6, 6.07) is 14.7. The van der Waals surface area contributed by atoms with E-state index in [1.54, 1.807) is 5.38 Å². The highest BCUT2D eigenvalue weighted by atomic mass is 32.1. The largest absolute Gasteiger partial charge is 0.451 e. The van der Waals surface area contributed by atoms with Gasteiger partial charge in [0, 0.05) is 28.8 Å². The highest BCUT2D eigenvalue weighted by Crippen LogP contribution is 2.23. The van der Waals surface area contributed by atoms with Crippen LogP contribution in [-0.2, 0) is 9.53 Å². The summed E-state index contributed by atoms with van der Waals surface area (Å²) in [6.07, 6.45) is 0. The van der Waals surface area contributed by atoms with Crippen LogP contribution in [-0.4, -0.2) is 28.4 Å². The van der Waals surface area contributed by atoms with Crippen LogP contribution in [0.15, 0.2) is 60.0 Å². The summed E-state index contributed by atoms with van der Waals surface area (Å²) >= 11 is 1.30. The molecule has 1 N–H and O–H groups in total. The Balaban J connectivity index is 1.53. The van der Waals surface area contributed by atoms with E-state index < -0.39 is 23.4 Å². The predicted molar refractivity (Wildman–Crippen MR) is 99.6 cm³/mol. The molecule has 0 bridgehead atoms. The average molecular weight is 383 g/mol. The smallest absolute Gasteiger partial charge is 0.358 e. The second-order valence-corrected chi connectivity index (χ2v) is 6.19. The lowest BCUT2D eigenvalue weighted by Crippen LogP contribution is -2.21. The number of hydrogen-bond donors (Lipinski definition) is 1. The molecule has 0 aliphatic heterocycles. The minimum absolute atomic E-state index is 0.0859. The maximum Gasteiger partial charge on any atom is 0.358 e. The molecule has 1 amide bonds. The van der Waals surface area contributed by atoms with Crippen molar-refractivity contribution in [3.63, 3.8) is 0 Å².